The van der Waals surface area contributed by atoms with Crippen LogP contribution < -0.4 is 34.0 Å². The molecule has 0 unspecified atom stereocenters. The van der Waals surface area contributed by atoms with Gasteiger partial charge in [0.1, 0.15) is 0 Å². The fourth-order valence-corrected chi connectivity index (χ4v) is 2.81. The van der Waals surface area contributed by atoms with Crippen molar-refractivity contribution in [3.8, 4) is 0 Å². The van der Waals surface area contributed by atoms with E-state index in [1.54, 1.807) is 0 Å². The molecule has 0 aliphatic heterocycles. The van der Waals surface area contributed by atoms with E-state index in [2.05, 4.69) is 82.3 Å². The van der Waals surface area contributed by atoms with E-state index in [9.17, 15) is 0 Å². The molecule has 0 aromatic heterocycles. The zero-order valence-electron chi connectivity index (χ0n) is 18.8. The van der Waals surface area contributed by atoms with Crippen LogP contribution >= 0.6 is 0 Å². The Hall–Kier alpha value is 0.760. The van der Waals surface area contributed by atoms with Crippen molar-refractivity contribution in [3.63, 3.8) is 0 Å². The standard InChI is InChI=1S/2C10H15.C2H7Si.2BrH.Zr/c2*1-6-7(2)9(4)10(5)8(6)3;1-3-2;;;/h2*1-5H3;3H,1-2H3;2*1H;/q2*-1;;;;+4/p-2. The molecule has 2 aromatic rings. The first-order valence-electron chi connectivity index (χ1n) is 8.65. The van der Waals surface area contributed by atoms with Crippen LogP contribution in [0.25, 0.3) is 0 Å². The molecular formula is C22H37Br2SiZr. The van der Waals surface area contributed by atoms with E-state index in [1.807, 2.05) is 0 Å². The first-order chi connectivity index (χ1) is 10.5. The molecule has 0 atom stereocenters. The van der Waals surface area contributed by atoms with E-state index >= 15 is 0 Å². The summed E-state index contributed by atoms with van der Waals surface area (Å²) in [7, 11) is 0.750. The average molecular weight is 581 g/mol. The van der Waals surface area contributed by atoms with Crippen LogP contribution in [0.15, 0.2) is 0 Å². The minimum atomic E-state index is 0. The van der Waals surface area contributed by atoms with Crippen molar-refractivity contribution in [3.05, 3.63) is 55.6 Å². The molecule has 26 heavy (non-hydrogen) atoms. The normalized spacial score (nSPS) is 8.77. The van der Waals surface area contributed by atoms with Crippen molar-refractivity contribution in [2.45, 2.75) is 82.3 Å². The molecule has 0 heterocycles. The molecule has 0 fully saturated rings. The van der Waals surface area contributed by atoms with E-state index in [4.69, 9.17) is 0 Å². The average Bonchev–Trinajstić information content (AvgIpc) is 2.80. The second kappa shape index (κ2) is 15.7. The van der Waals surface area contributed by atoms with Crippen LogP contribution in [0.4, 0.5) is 0 Å². The van der Waals surface area contributed by atoms with Crippen molar-refractivity contribution in [2.24, 2.45) is 0 Å². The summed E-state index contributed by atoms with van der Waals surface area (Å²) >= 11 is 0. The molecule has 2 aromatic carbocycles. The van der Waals surface area contributed by atoms with Gasteiger partial charge < -0.3 is 34.0 Å². The maximum absolute atomic E-state index is 2.21. The molecule has 0 aliphatic rings. The van der Waals surface area contributed by atoms with Crippen LogP contribution in [0.5, 0.6) is 0 Å². The third-order valence-electron chi connectivity index (χ3n) is 5.62. The molecular weight excluding hydrogens is 543 g/mol. The summed E-state index contributed by atoms with van der Waals surface area (Å²) in [6.45, 7) is 26.4. The molecule has 0 saturated heterocycles. The number of rotatable bonds is 0. The van der Waals surface area contributed by atoms with Crippen LogP contribution in [0.1, 0.15) is 55.6 Å². The minimum absolute atomic E-state index is 0. The maximum atomic E-state index is 2.21. The van der Waals surface area contributed by atoms with E-state index in [-0.39, 0.29) is 60.2 Å². The molecule has 0 nitrogen and oxygen atoms in total. The fraction of sp³-hybridized carbons (Fsp3) is 0.545. The maximum Gasteiger partial charge on any atom is 4.00 e. The number of halogens is 2. The Balaban J connectivity index is -0.000000147. The van der Waals surface area contributed by atoms with Gasteiger partial charge in [0.2, 0.25) is 0 Å². The molecule has 0 spiro atoms. The molecule has 0 N–H and O–H groups in total. The third-order valence-corrected chi connectivity index (χ3v) is 5.62. The van der Waals surface area contributed by atoms with Crippen molar-refractivity contribution in [2.75, 3.05) is 0 Å². The Morgan fingerprint density at radius 1 is 0.500 bits per heavy atom. The largest absolute Gasteiger partial charge is 4.00 e. The zero-order chi connectivity index (χ0) is 18.5. The van der Waals surface area contributed by atoms with Gasteiger partial charge >= 0.3 is 26.2 Å². The quantitative estimate of drug-likeness (QED) is 0.313. The predicted octanol–water partition coefficient (Wildman–Crippen LogP) is 0.420. The van der Waals surface area contributed by atoms with Gasteiger partial charge in [-0.05, 0) is 0 Å². The summed E-state index contributed by atoms with van der Waals surface area (Å²) < 4.78 is 0. The Kier molecular flexibility index (Phi) is 20.6. The first kappa shape index (κ1) is 34.3. The second-order valence-electron chi connectivity index (χ2n) is 6.83. The zero-order valence-corrected chi connectivity index (χ0v) is 25.6. The van der Waals surface area contributed by atoms with Gasteiger partial charge in [0.25, 0.3) is 0 Å². The Bertz CT molecular complexity index is 435. The van der Waals surface area contributed by atoms with Gasteiger partial charge in [-0.1, -0.05) is 82.3 Å². The van der Waals surface area contributed by atoms with E-state index in [1.165, 1.54) is 55.6 Å². The molecule has 147 valence electrons. The third kappa shape index (κ3) is 8.41. The smallest absolute Gasteiger partial charge is 1.00 e. The molecule has 1 radical (unpaired) electrons. The molecule has 0 saturated carbocycles. The van der Waals surface area contributed by atoms with Crippen LogP contribution in [0.3, 0.4) is 0 Å². The van der Waals surface area contributed by atoms with Crippen LogP contribution in [-0.4, -0.2) is 9.52 Å². The van der Waals surface area contributed by atoms with E-state index < -0.39 is 0 Å². The molecule has 2 rings (SSSR count). The SMILES string of the molecule is C[SiH]C.Cc1c(C)c(C)[c-](C)c1C.Cc1c(C)c(C)[c-](C)c1C.[Br-].[Br-].[Zr+4]. The van der Waals surface area contributed by atoms with Crippen molar-refractivity contribution < 1.29 is 60.2 Å². The predicted molar refractivity (Wildman–Crippen MR) is 110 cm³/mol. The molecule has 4 heteroatoms. The Labute approximate surface area is 206 Å². The fourth-order valence-electron chi connectivity index (χ4n) is 2.81. The summed E-state index contributed by atoms with van der Waals surface area (Å²) in [6.07, 6.45) is 0. The monoisotopic (exact) mass is 577 g/mol. The Morgan fingerprint density at radius 2 is 0.615 bits per heavy atom. The summed E-state index contributed by atoms with van der Waals surface area (Å²) in [5, 5.41) is 0. The van der Waals surface area contributed by atoms with Gasteiger partial charge in [0.05, 0.1) is 0 Å². The first-order valence-corrected chi connectivity index (χ1v) is 11.0. The second-order valence-corrected chi connectivity index (χ2v) is 7.98. The van der Waals surface area contributed by atoms with Gasteiger partial charge in [0.15, 0.2) is 0 Å². The summed E-state index contributed by atoms with van der Waals surface area (Å²) in [6, 6.07) is 0. The molecule has 0 bridgehead atoms. The van der Waals surface area contributed by atoms with Crippen molar-refractivity contribution in [1.82, 2.24) is 0 Å². The van der Waals surface area contributed by atoms with Crippen LogP contribution in [-0.2, 0) is 26.2 Å². The number of hydrogen-bond acceptors (Lipinski definition) is 0. The van der Waals surface area contributed by atoms with Gasteiger partial charge in [-0.2, -0.15) is 55.6 Å². The molecule has 0 aliphatic carbocycles. The van der Waals surface area contributed by atoms with Crippen LogP contribution in [0.2, 0.25) is 13.1 Å². The summed E-state index contributed by atoms with van der Waals surface area (Å²) in [4.78, 5) is 0. The van der Waals surface area contributed by atoms with Crippen molar-refractivity contribution >= 4 is 9.52 Å². The van der Waals surface area contributed by atoms with Gasteiger partial charge in [0, 0.05) is 9.52 Å². The number of hydrogen-bond donors (Lipinski definition) is 0. The van der Waals surface area contributed by atoms with E-state index in [0.29, 0.717) is 0 Å². The van der Waals surface area contributed by atoms with Crippen LogP contribution in [0, 0.1) is 69.2 Å². The van der Waals surface area contributed by atoms with Gasteiger partial charge in [-0.25, -0.2) is 0 Å². The van der Waals surface area contributed by atoms with E-state index in [0.717, 1.165) is 9.52 Å². The minimum Gasteiger partial charge on any atom is -1.00 e. The van der Waals surface area contributed by atoms with Crippen molar-refractivity contribution in [1.29, 1.82) is 0 Å². The summed E-state index contributed by atoms with van der Waals surface area (Å²) in [5.74, 6) is 0. The topological polar surface area (TPSA) is 0 Å². The Morgan fingerprint density at radius 3 is 0.654 bits per heavy atom. The van der Waals surface area contributed by atoms with Gasteiger partial charge in [-0.15, -0.1) is 0 Å². The molecule has 0 amide bonds. The van der Waals surface area contributed by atoms with Gasteiger partial charge in [-0.3, -0.25) is 0 Å². The summed E-state index contributed by atoms with van der Waals surface area (Å²) in [5.41, 5.74) is 14.7.